The molecule has 0 radical (unpaired) electrons. The number of methoxy groups -OCH3 is 1. The third-order valence-electron chi connectivity index (χ3n) is 4.96. The smallest absolute Gasteiger partial charge is 0.416 e. The maximum absolute atomic E-state index is 13.4. The van der Waals surface area contributed by atoms with Crippen LogP contribution in [0.5, 0.6) is 5.75 Å². The van der Waals surface area contributed by atoms with Gasteiger partial charge in [0.25, 0.3) is 0 Å². The number of guanidine groups is 1. The molecule has 1 aliphatic rings. The lowest BCUT2D eigenvalue weighted by atomic mass is 10.0. The Kier molecular flexibility index (Phi) is 5.81. The maximum atomic E-state index is 13.4. The van der Waals surface area contributed by atoms with Crippen LogP contribution in [0.2, 0.25) is 0 Å². The molecule has 1 aromatic carbocycles. The van der Waals surface area contributed by atoms with E-state index in [0.29, 0.717) is 11.9 Å². The Hall–Kier alpha value is -2.71. The van der Waals surface area contributed by atoms with Gasteiger partial charge in [-0.25, -0.2) is 0 Å². The number of ether oxygens (including phenoxy) is 1. The van der Waals surface area contributed by atoms with E-state index in [4.69, 9.17) is 4.74 Å². The summed E-state index contributed by atoms with van der Waals surface area (Å²) >= 11 is 0. The first kappa shape index (κ1) is 20.0. The molecular weight excluding hydrogens is 371 g/mol. The van der Waals surface area contributed by atoms with Gasteiger partial charge in [0, 0.05) is 45.8 Å². The van der Waals surface area contributed by atoms with Crippen LogP contribution < -0.4 is 10.1 Å². The average Bonchev–Trinajstić information content (AvgIpc) is 3.30. The number of aromatic nitrogens is 2. The lowest BCUT2D eigenvalue weighted by molar-refractivity contribution is -0.138. The molecule has 0 spiro atoms. The van der Waals surface area contributed by atoms with Crippen molar-refractivity contribution in [3.05, 3.63) is 47.3 Å². The molecule has 28 heavy (non-hydrogen) atoms. The molecule has 1 fully saturated rings. The van der Waals surface area contributed by atoms with Gasteiger partial charge in [-0.2, -0.15) is 18.3 Å². The van der Waals surface area contributed by atoms with Crippen molar-refractivity contribution in [3.63, 3.8) is 0 Å². The monoisotopic (exact) mass is 395 g/mol. The summed E-state index contributed by atoms with van der Waals surface area (Å²) in [5, 5.41) is 7.28. The van der Waals surface area contributed by atoms with Gasteiger partial charge in [-0.3, -0.25) is 9.67 Å². The van der Waals surface area contributed by atoms with Crippen LogP contribution in [0.15, 0.2) is 35.6 Å². The number of aliphatic imine (C=N–C) groups is 1. The van der Waals surface area contributed by atoms with Crippen molar-refractivity contribution in [2.24, 2.45) is 12.0 Å². The van der Waals surface area contributed by atoms with Crippen LogP contribution >= 0.6 is 0 Å². The molecule has 0 aliphatic carbocycles. The van der Waals surface area contributed by atoms with Crippen molar-refractivity contribution in [2.75, 3.05) is 27.2 Å². The molecule has 1 aliphatic heterocycles. The summed E-state index contributed by atoms with van der Waals surface area (Å²) < 4.78 is 46.8. The third kappa shape index (κ3) is 4.40. The van der Waals surface area contributed by atoms with Crippen LogP contribution in [0.4, 0.5) is 13.2 Å². The zero-order chi connectivity index (χ0) is 20.3. The molecule has 1 atom stereocenters. The highest BCUT2D eigenvalue weighted by Gasteiger charge is 2.34. The Morgan fingerprint density at radius 2 is 2.18 bits per heavy atom. The van der Waals surface area contributed by atoms with E-state index in [0.717, 1.165) is 31.1 Å². The van der Waals surface area contributed by atoms with Gasteiger partial charge in [0.15, 0.2) is 5.96 Å². The molecule has 1 unspecified atom stereocenters. The predicted molar refractivity (Wildman–Crippen MR) is 100 cm³/mol. The molecule has 0 amide bonds. The quantitative estimate of drug-likeness (QED) is 0.639. The Balaban J connectivity index is 1.68. The van der Waals surface area contributed by atoms with E-state index < -0.39 is 11.7 Å². The highest BCUT2D eigenvalue weighted by molar-refractivity contribution is 5.80. The summed E-state index contributed by atoms with van der Waals surface area (Å²) in [4.78, 5) is 6.31. The summed E-state index contributed by atoms with van der Waals surface area (Å²) in [5.41, 5.74) is 0.608. The van der Waals surface area contributed by atoms with Crippen molar-refractivity contribution in [3.8, 4) is 5.75 Å². The Morgan fingerprint density at radius 1 is 1.39 bits per heavy atom. The number of benzene rings is 1. The second-order valence-electron chi connectivity index (χ2n) is 6.80. The second kappa shape index (κ2) is 8.12. The molecule has 0 saturated carbocycles. The van der Waals surface area contributed by atoms with Crippen LogP contribution in [-0.4, -0.2) is 47.9 Å². The van der Waals surface area contributed by atoms with Crippen molar-refractivity contribution in [2.45, 2.75) is 25.1 Å². The van der Waals surface area contributed by atoms with E-state index in [1.165, 1.54) is 19.2 Å². The van der Waals surface area contributed by atoms with E-state index in [2.05, 4.69) is 20.3 Å². The highest BCUT2D eigenvalue weighted by atomic mass is 19.4. The Bertz CT molecular complexity index is 846. The first-order valence-corrected chi connectivity index (χ1v) is 9.00. The predicted octanol–water partition coefficient (Wildman–Crippen LogP) is 3.01. The number of nitrogens with zero attached hydrogens (tertiary/aromatic N) is 4. The van der Waals surface area contributed by atoms with Gasteiger partial charge in [-0.1, -0.05) is 6.07 Å². The number of alkyl halides is 3. The number of hydrogen-bond donors (Lipinski definition) is 1. The molecule has 1 saturated heterocycles. The van der Waals surface area contributed by atoms with Crippen LogP contribution in [0.25, 0.3) is 0 Å². The molecule has 3 rings (SSSR count). The van der Waals surface area contributed by atoms with Crippen molar-refractivity contribution >= 4 is 5.96 Å². The standard InChI is InChI=1S/C19H24F3N5O/c1-23-18(27-7-6-14(12-27)15-10-25-26(2)11-15)24-9-13-4-5-16(28-3)8-17(13)19(20,21)22/h4-5,8,10-11,14H,6-7,9,12H2,1-3H3,(H,23,24). The van der Waals surface area contributed by atoms with E-state index in [1.807, 2.05) is 19.4 Å². The van der Waals surface area contributed by atoms with Gasteiger partial charge in [0.05, 0.1) is 18.9 Å². The van der Waals surface area contributed by atoms with Crippen LogP contribution in [0.1, 0.15) is 29.0 Å². The summed E-state index contributed by atoms with van der Waals surface area (Å²) in [5.74, 6) is 1.11. The number of hydrogen-bond acceptors (Lipinski definition) is 3. The lowest BCUT2D eigenvalue weighted by Gasteiger charge is -2.22. The van der Waals surface area contributed by atoms with Crippen LogP contribution in [0, 0.1) is 0 Å². The van der Waals surface area contributed by atoms with Gasteiger partial charge in [-0.15, -0.1) is 0 Å². The zero-order valence-electron chi connectivity index (χ0n) is 16.1. The molecule has 9 heteroatoms. The molecule has 1 aromatic heterocycles. The Labute approximate surface area is 162 Å². The number of rotatable bonds is 4. The minimum Gasteiger partial charge on any atom is -0.497 e. The lowest BCUT2D eigenvalue weighted by Crippen LogP contribution is -2.39. The summed E-state index contributed by atoms with van der Waals surface area (Å²) in [6.07, 6.45) is 0.353. The van der Waals surface area contributed by atoms with Crippen molar-refractivity contribution in [1.82, 2.24) is 20.0 Å². The number of halogens is 3. The molecule has 0 bridgehead atoms. The molecule has 1 N–H and O–H groups in total. The van der Waals surface area contributed by atoms with E-state index in [-0.39, 0.29) is 17.9 Å². The fraction of sp³-hybridized carbons (Fsp3) is 0.474. The average molecular weight is 395 g/mol. The minimum absolute atomic E-state index is 0.0274. The maximum Gasteiger partial charge on any atom is 0.416 e. The van der Waals surface area contributed by atoms with Gasteiger partial charge in [0.1, 0.15) is 5.75 Å². The van der Waals surface area contributed by atoms with Crippen molar-refractivity contribution < 1.29 is 17.9 Å². The molecule has 2 heterocycles. The van der Waals surface area contributed by atoms with E-state index >= 15 is 0 Å². The van der Waals surface area contributed by atoms with Gasteiger partial charge in [0.2, 0.25) is 0 Å². The van der Waals surface area contributed by atoms with Gasteiger partial charge >= 0.3 is 6.18 Å². The van der Waals surface area contributed by atoms with E-state index in [1.54, 1.807) is 11.7 Å². The summed E-state index contributed by atoms with van der Waals surface area (Å²) in [7, 11) is 4.86. The SMILES string of the molecule is CN=C(NCc1ccc(OC)cc1C(F)(F)F)N1CCC(c2cnn(C)c2)C1. The third-order valence-corrected chi connectivity index (χ3v) is 4.96. The van der Waals surface area contributed by atoms with E-state index in [9.17, 15) is 13.2 Å². The fourth-order valence-electron chi connectivity index (χ4n) is 3.48. The molecular formula is C19H24F3N5O. The van der Waals surface area contributed by atoms with Gasteiger partial charge in [-0.05, 0) is 29.7 Å². The minimum atomic E-state index is -4.45. The fourth-order valence-corrected chi connectivity index (χ4v) is 3.48. The normalized spacial score (nSPS) is 17.9. The zero-order valence-corrected chi connectivity index (χ0v) is 16.1. The topological polar surface area (TPSA) is 54.7 Å². The molecule has 152 valence electrons. The highest BCUT2D eigenvalue weighted by Crippen LogP contribution is 2.34. The van der Waals surface area contributed by atoms with Crippen LogP contribution in [-0.2, 0) is 19.8 Å². The summed E-state index contributed by atoms with van der Waals surface area (Å²) in [6.45, 7) is 1.56. The first-order chi connectivity index (χ1) is 13.3. The van der Waals surface area contributed by atoms with Gasteiger partial charge < -0.3 is 15.0 Å². The summed E-state index contributed by atoms with van der Waals surface area (Å²) in [6, 6.07) is 3.99. The van der Waals surface area contributed by atoms with Crippen LogP contribution in [0.3, 0.4) is 0 Å². The van der Waals surface area contributed by atoms with Crippen molar-refractivity contribution in [1.29, 1.82) is 0 Å². The second-order valence-corrected chi connectivity index (χ2v) is 6.80. The first-order valence-electron chi connectivity index (χ1n) is 9.00. The largest absolute Gasteiger partial charge is 0.497 e. The molecule has 6 nitrogen and oxygen atoms in total. The number of likely N-dealkylation sites (tertiary alicyclic amines) is 1. The molecule has 2 aromatic rings. The number of nitrogens with one attached hydrogen (secondary N) is 1. The Morgan fingerprint density at radius 3 is 2.79 bits per heavy atom. The number of aryl methyl sites for hydroxylation is 1.